The van der Waals surface area contributed by atoms with Gasteiger partial charge in [0.15, 0.2) is 0 Å². The molecule has 0 aliphatic rings. The van der Waals surface area contributed by atoms with Crippen LogP contribution in [0.5, 0.6) is 0 Å². The van der Waals surface area contributed by atoms with Gasteiger partial charge in [-0.05, 0) is 19.3 Å². The molecule has 0 aliphatic heterocycles. The van der Waals surface area contributed by atoms with Crippen molar-refractivity contribution >= 4 is 7.60 Å². The first-order valence-corrected chi connectivity index (χ1v) is 6.14. The molecular weight excluding hydrogens is 189 g/mol. The normalized spacial score (nSPS) is 12.5. The Kier molecular flexibility index (Phi) is 4.63. The molecule has 0 aromatic heterocycles. The third-order valence-electron chi connectivity index (χ3n) is 2.47. The van der Waals surface area contributed by atoms with Gasteiger partial charge in [0.2, 0.25) is 0 Å². The summed E-state index contributed by atoms with van der Waals surface area (Å²) in [5.41, 5.74) is -0.554. The Morgan fingerprint density at radius 2 is 1.85 bits per heavy atom. The molecule has 0 aliphatic carbocycles. The second-order valence-corrected chi connectivity index (χ2v) is 5.01. The Bertz CT molecular complexity index is 236. The van der Waals surface area contributed by atoms with Gasteiger partial charge in [0.25, 0.3) is 0 Å². The third kappa shape index (κ3) is 4.42. The van der Waals surface area contributed by atoms with Crippen LogP contribution in [0.25, 0.3) is 0 Å². The van der Waals surface area contributed by atoms with Gasteiger partial charge < -0.3 is 9.79 Å². The molecule has 2 N–H and O–H groups in total. The SMILES string of the molecule is CCC(C#N)(CC)CCP(=O)(O)O. The lowest BCUT2D eigenvalue weighted by molar-refractivity contribution is 0.326. The van der Waals surface area contributed by atoms with Crippen molar-refractivity contribution in [3.63, 3.8) is 0 Å². The summed E-state index contributed by atoms with van der Waals surface area (Å²) in [6, 6.07) is 2.14. The summed E-state index contributed by atoms with van der Waals surface area (Å²) < 4.78 is 10.6. The maximum Gasteiger partial charge on any atom is 0.325 e. The lowest BCUT2D eigenvalue weighted by atomic mass is 9.81. The molecular formula is C8H16NO3P. The number of rotatable bonds is 5. The fourth-order valence-electron chi connectivity index (χ4n) is 1.18. The van der Waals surface area contributed by atoms with Crippen LogP contribution in [0, 0.1) is 16.7 Å². The van der Waals surface area contributed by atoms with Crippen LogP contribution in [0.4, 0.5) is 0 Å². The topological polar surface area (TPSA) is 81.3 Å². The van der Waals surface area contributed by atoms with E-state index in [1.165, 1.54) is 0 Å². The summed E-state index contributed by atoms with van der Waals surface area (Å²) in [6.45, 7) is 3.73. The van der Waals surface area contributed by atoms with E-state index < -0.39 is 13.0 Å². The molecule has 0 aromatic rings. The maximum absolute atomic E-state index is 10.6. The zero-order valence-corrected chi connectivity index (χ0v) is 8.92. The zero-order valence-electron chi connectivity index (χ0n) is 8.03. The summed E-state index contributed by atoms with van der Waals surface area (Å²) in [6.07, 6.45) is 1.36. The lowest BCUT2D eigenvalue weighted by Gasteiger charge is -2.22. The fourth-order valence-corrected chi connectivity index (χ4v) is 1.90. The van der Waals surface area contributed by atoms with Crippen molar-refractivity contribution in [2.75, 3.05) is 6.16 Å². The highest BCUT2D eigenvalue weighted by Gasteiger charge is 2.28. The Morgan fingerprint density at radius 3 is 2.08 bits per heavy atom. The molecule has 0 heterocycles. The predicted octanol–water partition coefficient (Wildman–Crippen LogP) is 1.88. The molecule has 0 amide bonds. The fraction of sp³-hybridized carbons (Fsp3) is 0.875. The molecule has 4 nitrogen and oxygen atoms in total. The van der Waals surface area contributed by atoms with Crippen molar-refractivity contribution in [2.24, 2.45) is 5.41 Å². The Balaban J connectivity index is 4.30. The summed E-state index contributed by atoms with van der Waals surface area (Å²) in [5, 5.41) is 8.87. The van der Waals surface area contributed by atoms with E-state index >= 15 is 0 Å². The quantitative estimate of drug-likeness (QED) is 0.671. The summed E-state index contributed by atoms with van der Waals surface area (Å²) >= 11 is 0. The minimum absolute atomic E-state index is 0.192. The van der Waals surface area contributed by atoms with E-state index in [4.69, 9.17) is 15.0 Å². The highest BCUT2D eigenvalue weighted by Crippen LogP contribution is 2.41. The minimum Gasteiger partial charge on any atom is -0.324 e. The van der Waals surface area contributed by atoms with Crippen molar-refractivity contribution in [1.82, 2.24) is 0 Å². The van der Waals surface area contributed by atoms with Gasteiger partial charge in [0.1, 0.15) is 0 Å². The molecule has 0 radical (unpaired) electrons. The van der Waals surface area contributed by atoms with Gasteiger partial charge >= 0.3 is 7.60 Å². The highest BCUT2D eigenvalue weighted by atomic mass is 31.2. The highest BCUT2D eigenvalue weighted by molar-refractivity contribution is 7.51. The first-order valence-electron chi connectivity index (χ1n) is 4.35. The van der Waals surface area contributed by atoms with E-state index in [-0.39, 0.29) is 12.6 Å². The average molecular weight is 205 g/mol. The van der Waals surface area contributed by atoms with Gasteiger partial charge in [0.05, 0.1) is 17.6 Å². The van der Waals surface area contributed by atoms with Crippen molar-refractivity contribution in [3.05, 3.63) is 0 Å². The van der Waals surface area contributed by atoms with Gasteiger partial charge in [-0.15, -0.1) is 0 Å². The molecule has 13 heavy (non-hydrogen) atoms. The van der Waals surface area contributed by atoms with E-state index in [9.17, 15) is 4.57 Å². The van der Waals surface area contributed by atoms with Crippen LogP contribution in [0.15, 0.2) is 0 Å². The van der Waals surface area contributed by atoms with Crippen LogP contribution >= 0.6 is 7.60 Å². The first-order chi connectivity index (χ1) is 5.89. The van der Waals surface area contributed by atoms with Crippen LogP contribution in [-0.4, -0.2) is 15.9 Å². The maximum atomic E-state index is 10.6. The summed E-state index contributed by atoms with van der Waals surface area (Å²) in [7, 11) is -3.95. The monoisotopic (exact) mass is 205 g/mol. The van der Waals surface area contributed by atoms with Gasteiger partial charge in [-0.25, -0.2) is 0 Å². The Hall–Kier alpha value is -0.360. The van der Waals surface area contributed by atoms with E-state index in [2.05, 4.69) is 6.07 Å². The molecule has 0 unspecified atom stereocenters. The molecule has 0 fully saturated rings. The molecule has 0 saturated carbocycles. The molecule has 0 aromatic carbocycles. The molecule has 0 atom stereocenters. The third-order valence-corrected chi connectivity index (χ3v) is 3.28. The largest absolute Gasteiger partial charge is 0.325 e. The van der Waals surface area contributed by atoms with Crippen molar-refractivity contribution < 1.29 is 14.4 Å². The van der Waals surface area contributed by atoms with Crippen LogP contribution in [0.2, 0.25) is 0 Å². The molecule has 0 saturated heterocycles. The zero-order chi connectivity index (χ0) is 10.5. The number of nitriles is 1. The van der Waals surface area contributed by atoms with Crippen molar-refractivity contribution in [1.29, 1.82) is 5.26 Å². The summed E-state index contributed by atoms with van der Waals surface area (Å²) in [5.74, 6) is 0. The molecule has 0 rings (SSSR count). The first kappa shape index (κ1) is 12.6. The van der Waals surface area contributed by atoms with Gasteiger partial charge in [-0.2, -0.15) is 5.26 Å². The molecule has 76 valence electrons. The van der Waals surface area contributed by atoms with E-state index in [0.717, 1.165) is 0 Å². The van der Waals surface area contributed by atoms with Gasteiger partial charge in [0, 0.05) is 0 Å². The summed E-state index contributed by atoms with van der Waals surface area (Å²) in [4.78, 5) is 17.3. The van der Waals surface area contributed by atoms with E-state index in [0.29, 0.717) is 12.8 Å². The van der Waals surface area contributed by atoms with Crippen molar-refractivity contribution in [3.8, 4) is 6.07 Å². The Labute approximate surface area is 78.7 Å². The number of hydrogen-bond acceptors (Lipinski definition) is 2. The van der Waals surface area contributed by atoms with Crippen LogP contribution in [0.1, 0.15) is 33.1 Å². The van der Waals surface area contributed by atoms with Crippen LogP contribution < -0.4 is 0 Å². The standard InChI is InChI=1S/C8H16NO3P/c1-3-8(4-2,7-9)5-6-13(10,11)12/h3-6H2,1-2H3,(H2,10,11,12). The second-order valence-electron chi connectivity index (χ2n) is 3.24. The van der Waals surface area contributed by atoms with Gasteiger partial charge in [-0.1, -0.05) is 13.8 Å². The molecule has 5 heteroatoms. The van der Waals surface area contributed by atoms with Gasteiger partial charge in [-0.3, -0.25) is 4.57 Å². The molecule has 0 bridgehead atoms. The van der Waals surface area contributed by atoms with E-state index in [1.54, 1.807) is 0 Å². The average Bonchev–Trinajstić information content (AvgIpc) is 2.06. The van der Waals surface area contributed by atoms with E-state index in [1.807, 2.05) is 13.8 Å². The predicted molar refractivity (Wildman–Crippen MR) is 50.2 cm³/mol. The second kappa shape index (κ2) is 4.76. The molecule has 0 spiro atoms. The smallest absolute Gasteiger partial charge is 0.324 e. The van der Waals surface area contributed by atoms with Crippen LogP contribution in [0.3, 0.4) is 0 Å². The number of hydrogen-bond donors (Lipinski definition) is 2. The van der Waals surface area contributed by atoms with Crippen LogP contribution in [-0.2, 0) is 4.57 Å². The lowest BCUT2D eigenvalue weighted by Crippen LogP contribution is -2.17. The van der Waals surface area contributed by atoms with Crippen molar-refractivity contribution in [2.45, 2.75) is 33.1 Å². The Morgan fingerprint density at radius 1 is 1.38 bits per heavy atom. The minimum atomic E-state index is -3.95. The number of nitrogens with zero attached hydrogens (tertiary/aromatic N) is 1.